The van der Waals surface area contributed by atoms with Crippen molar-refractivity contribution in [3.8, 4) is 5.75 Å². The van der Waals surface area contributed by atoms with E-state index < -0.39 is 0 Å². The molecule has 0 fully saturated rings. The van der Waals surface area contributed by atoms with Crippen molar-refractivity contribution in [1.29, 1.82) is 0 Å². The second kappa shape index (κ2) is 4.80. The third kappa shape index (κ3) is 2.59. The van der Waals surface area contributed by atoms with Gasteiger partial charge in [0.1, 0.15) is 12.0 Å². The number of aldehydes is 1. The Morgan fingerprint density at radius 2 is 2.14 bits per heavy atom. The van der Waals surface area contributed by atoms with E-state index in [-0.39, 0.29) is 11.7 Å². The van der Waals surface area contributed by atoms with Crippen LogP contribution in [0.15, 0.2) is 24.3 Å². The van der Waals surface area contributed by atoms with Gasteiger partial charge in [0.25, 0.3) is 0 Å². The molecule has 0 radical (unpaired) electrons. The molecular formula is C12H16O2. The van der Waals surface area contributed by atoms with E-state index in [9.17, 15) is 9.90 Å². The minimum Gasteiger partial charge on any atom is -0.508 e. The number of phenolic OH excluding ortho intramolecular Hbond substituents is 1. The molecule has 0 heterocycles. The van der Waals surface area contributed by atoms with Crippen LogP contribution in [0.1, 0.15) is 31.7 Å². The van der Waals surface area contributed by atoms with Crippen molar-refractivity contribution in [3.63, 3.8) is 0 Å². The van der Waals surface area contributed by atoms with Crippen molar-refractivity contribution in [2.75, 3.05) is 0 Å². The van der Waals surface area contributed by atoms with Crippen LogP contribution in [0.3, 0.4) is 0 Å². The number of hydrogen-bond donors (Lipinski definition) is 1. The van der Waals surface area contributed by atoms with Crippen LogP contribution >= 0.6 is 0 Å². The van der Waals surface area contributed by atoms with Crippen LogP contribution in [-0.4, -0.2) is 11.4 Å². The maximum atomic E-state index is 10.5. The largest absolute Gasteiger partial charge is 0.508 e. The fourth-order valence-electron chi connectivity index (χ4n) is 1.65. The van der Waals surface area contributed by atoms with Gasteiger partial charge in [0.2, 0.25) is 0 Å². The topological polar surface area (TPSA) is 37.3 Å². The van der Waals surface area contributed by atoms with Gasteiger partial charge in [-0.1, -0.05) is 26.0 Å². The minimum absolute atomic E-state index is 0.208. The van der Waals surface area contributed by atoms with E-state index in [0.29, 0.717) is 12.3 Å². The quantitative estimate of drug-likeness (QED) is 0.745. The summed E-state index contributed by atoms with van der Waals surface area (Å²) in [6.07, 6.45) is 1.45. The monoisotopic (exact) mass is 192 g/mol. The van der Waals surface area contributed by atoms with Gasteiger partial charge in [-0.25, -0.2) is 0 Å². The van der Waals surface area contributed by atoms with Gasteiger partial charge in [-0.2, -0.15) is 0 Å². The Bertz CT molecular complexity index is 305. The zero-order chi connectivity index (χ0) is 10.6. The first-order valence-electron chi connectivity index (χ1n) is 4.87. The van der Waals surface area contributed by atoms with E-state index in [1.807, 2.05) is 12.1 Å². The summed E-state index contributed by atoms with van der Waals surface area (Å²) in [5, 5.41) is 9.32. The first-order valence-corrected chi connectivity index (χ1v) is 4.87. The highest BCUT2D eigenvalue weighted by atomic mass is 16.3. The molecule has 0 saturated carbocycles. The Labute approximate surface area is 84.6 Å². The number of hydrogen-bond acceptors (Lipinski definition) is 2. The summed E-state index contributed by atoms with van der Waals surface area (Å²) in [7, 11) is 0. The van der Waals surface area contributed by atoms with Crippen molar-refractivity contribution in [3.05, 3.63) is 29.8 Å². The van der Waals surface area contributed by atoms with Crippen LogP contribution in [-0.2, 0) is 4.79 Å². The predicted octanol–water partition coefficient (Wildman–Crippen LogP) is 2.72. The molecule has 1 aromatic rings. The Morgan fingerprint density at radius 1 is 1.43 bits per heavy atom. The highest BCUT2D eigenvalue weighted by molar-refractivity contribution is 5.52. The normalized spacial score (nSPS) is 12.8. The first kappa shape index (κ1) is 10.8. The Morgan fingerprint density at radius 3 is 2.64 bits per heavy atom. The van der Waals surface area contributed by atoms with Crippen molar-refractivity contribution in [1.82, 2.24) is 0 Å². The lowest BCUT2D eigenvalue weighted by molar-refractivity contribution is -0.108. The summed E-state index contributed by atoms with van der Waals surface area (Å²) < 4.78 is 0. The number of aromatic hydroxyl groups is 1. The zero-order valence-corrected chi connectivity index (χ0v) is 8.60. The fourth-order valence-corrected chi connectivity index (χ4v) is 1.65. The van der Waals surface area contributed by atoms with Gasteiger partial charge >= 0.3 is 0 Å². The number of carbonyl (C=O) groups excluding carboxylic acids is 1. The van der Waals surface area contributed by atoms with Crippen LogP contribution < -0.4 is 0 Å². The number of carbonyl (C=O) groups is 1. The van der Waals surface area contributed by atoms with Crippen molar-refractivity contribution >= 4 is 6.29 Å². The van der Waals surface area contributed by atoms with Crippen LogP contribution in [0.4, 0.5) is 0 Å². The van der Waals surface area contributed by atoms with Gasteiger partial charge in [-0.15, -0.1) is 0 Å². The molecular weight excluding hydrogens is 176 g/mol. The van der Waals surface area contributed by atoms with E-state index in [2.05, 4.69) is 13.8 Å². The molecule has 14 heavy (non-hydrogen) atoms. The minimum atomic E-state index is 0.208. The lowest BCUT2D eigenvalue weighted by Crippen LogP contribution is -2.07. The molecule has 1 atom stereocenters. The standard InChI is InChI=1S/C12H16O2/c1-9(2)12(6-7-13)10-4-3-5-11(14)8-10/h3-5,7-9,12,14H,6H2,1-2H3. The maximum Gasteiger partial charge on any atom is 0.120 e. The Hall–Kier alpha value is -1.31. The molecule has 0 aliphatic rings. The molecule has 0 aliphatic heterocycles. The lowest BCUT2D eigenvalue weighted by atomic mass is 9.86. The SMILES string of the molecule is CC(C)C(CC=O)c1cccc(O)c1. The summed E-state index contributed by atoms with van der Waals surface area (Å²) in [6.45, 7) is 4.16. The molecule has 1 unspecified atom stereocenters. The van der Waals surface area contributed by atoms with Crippen molar-refractivity contribution < 1.29 is 9.90 Å². The predicted molar refractivity (Wildman–Crippen MR) is 56.4 cm³/mol. The molecule has 0 spiro atoms. The fraction of sp³-hybridized carbons (Fsp3) is 0.417. The highest BCUT2D eigenvalue weighted by Gasteiger charge is 2.15. The molecule has 2 heteroatoms. The highest BCUT2D eigenvalue weighted by Crippen LogP contribution is 2.28. The van der Waals surface area contributed by atoms with E-state index in [4.69, 9.17) is 0 Å². The lowest BCUT2D eigenvalue weighted by Gasteiger charge is -2.18. The van der Waals surface area contributed by atoms with Crippen LogP contribution in [0.2, 0.25) is 0 Å². The summed E-state index contributed by atoms with van der Waals surface area (Å²) >= 11 is 0. The molecule has 0 amide bonds. The first-order chi connectivity index (χ1) is 6.65. The Kier molecular flexibility index (Phi) is 3.69. The third-order valence-corrected chi connectivity index (χ3v) is 2.45. The van der Waals surface area contributed by atoms with Crippen LogP contribution in [0.5, 0.6) is 5.75 Å². The molecule has 0 saturated heterocycles. The summed E-state index contributed by atoms with van der Waals surface area (Å²) in [4.78, 5) is 10.5. The number of rotatable bonds is 4. The van der Waals surface area contributed by atoms with E-state index in [1.54, 1.807) is 12.1 Å². The summed E-state index contributed by atoms with van der Waals surface area (Å²) in [6, 6.07) is 7.13. The second-order valence-corrected chi connectivity index (χ2v) is 3.85. The zero-order valence-electron chi connectivity index (χ0n) is 8.60. The average molecular weight is 192 g/mol. The van der Waals surface area contributed by atoms with Gasteiger partial charge < -0.3 is 9.90 Å². The number of phenols is 1. The summed E-state index contributed by atoms with van der Waals surface area (Å²) in [5.74, 6) is 0.876. The average Bonchev–Trinajstić information content (AvgIpc) is 2.13. The van der Waals surface area contributed by atoms with E-state index >= 15 is 0 Å². The molecule has 0 aromatic heterocycles. The van der Waals surface area contributed by atoms with E-state index in [1.165, 1.54) is 0 Å². The van der Waals surface area contributed by atoms with Crippen LogP contribution in [0, 0.1) is 5.92 Å². The van der Waals surface area contributed by atoms with Gasteiger partial charge in [0.15, 0.2) is 0 Å². The smallest absolute Gasteiger partial charge is 0.120 e. The van der Waals surface area contributed by atoms with Crippen LogP contribution in [0.25, 0.3) is 0 Å². The van der Waals surface area contributed by atoms with Crippen molar-refractivity contribution in [2.45, 2.75) is 26.2 Å². The molecule has 0 aliphatic carbocycles. The third-order valence-electron chi connectivity index (χ3n) is 2.45. The maximum absolute atomic E-state index is 10.5. The van der Waals surface area contributed by atoms with Gasteiger partial charge in [-0.3, -0.25) is 0 Å². The number of benzene rings is 1. The van der Waals surface area contributed by atoms with E-state index in [0.717, 1.165) is 11.8 Å². The molecule has 0 bridgehead atoms. The molecule has 1 aromatic carbocycles. The van der Waals surface area contributed by atoms with Gasteiger partial charge in [-0.05, 0) is 29.5 Å². The van der Waals surface area contributed by atoms with Crippen molar-refractivity contribution in [2.24, 2.45) is 5.92 Å². The van der Waals surface area contributed by atoms with Gasteiger partial charge in [0.05, 0.1) is 0 Å². The second-order valence-electron chi connectivity index (χ2n) is 3.85. The molecule has 1 N–H and O–H groups in total. The molecule has 1 rings (SSSR count). The Balaban J connectivity index is 2.92. The molecule has 76 valence electrons. The summed E-state index contributed by atoms with van der Waals surface area (Å²) in [5.41, 5.74) is 1.03. The molecule has 2 nitrogen and oxygen atoms in total. The van der Waals surface area contributed by atoms with Gasteiger partial charge in [0, 0.05) is 6.42 Å².